The second kappa shape index (κ2) is 7.61. The first-order chi connectivity index (χ1) is 11.1. The van der Waals surface area contributed by atoms with Gasteiger partial charge in [-0.1, -0.05) is 11.8 Å². The second-order valence-electron chi connectivity index (χ2n) is 4.52. The summed E-state index contributed by atoms with van der Waals surface area (Å²) in [5.74, 6) is 0.945. The predicted octanol–water partition coefficient (Wildman–Crippen LogP) is 2.60. The van der Waals surface area contributed by atoms with Gasteiger partial charge in [0.1, 0.15) is 22.4 Å². The maximum Gasteiger partial charge on any atom is 0.316 e. The normalized spacial score (nSPS) is 10.0. The topological polar surface area (TPSA) is 85.1 Å². The molecule has 0 aliphatic rings. The number of hydrogen-bond acceptors (Lipinski definition) is 7. The Morgan fingerprint density at radius 3 is 2.52 bits per heavy atom. The van der Waals surface area contributed by atoms with Crippen LogP contribution < -0.4 is 4.74 Å². The number of hydrogen-bond donors (Lipinski definition) is 0. The van der Waals surface area contributed by atoms with Crippen LogP contribution in [0.4, 0.5) is 0 Å². The third-order valence-electron chi connectivity index (χ3n) is 3.07. The lowest BCUT2D eigenvalue weighted by Crippen LogP contribution is -2.05. The van der Waals surface area contributed by atoms with Gasteiger partial charge in [0, 0.05) is 5.56 Å². The van der Waals surface area contributed by atoms with Crippen molar-refractivity contribution in [1.29, 1.82) is 5.26 Å². The number of carbonyl (C=O) groups is 1. The standard InChI is InChI=1S/C16H15N3O3S/c1-10-13(8-17)16(23-9-14(20)22-3)19-15(18-10)11-4-6-12(21-2)7-5-11/h4-7H,9H2,1-3H3. The van der Waals surface area contributed by atoms with E-state index in [1.165, 1.54) is 7.11 Å². The highest BCUT2D eigenvalue weighted by molar-refractivity contribution is 7.99. The summed E-state index contributed by atoms with van der Waals surface area (Å²) in [7, 11) is 2.92. The minimum atomic E-state index is -0.374. The highest BCUT2D eigenvalue weighted by Crippen LogP contribution is 2.26. The Labute approximate surface area is 138 Å². The van der Waals surface area contributed by atoms with E-state index in [0.717, 1.165) is 23.1 Å². The number of ether oxygens (including phenoxy) is 2. The van der Waals surface area contributed by atoms with E-state index in [-0.39, 0.29) is 11.7 Å². The van der Waals surface area contributed by atoms with E-state index >= 15 is 0 Å². The van der Waals surface area contributed by atoms with Crippen LogP contribution in [0, 0.1) is 18.3 Å². The summed E-state index contributed by atoms with van der Waals surface area (Å²) in [5, 5.41) is 9.74. The first-order valence-corrected chi connectivity index (χ1v) is 7.70. The molecule has 0 spiro atoms. The number of benzene rings is 1. The quantitative estimate of drug-likeness (QED) is 0.473. The third kappa shape index (κ3) is 3.99. The molecular weight excluding hydrogens is 314 g/mol. The number of methoxy groups -OCH3 is 2. The summed E-state index contributed by atoms with van der Waals surface area (Å²) < 4.78 is 9.74. The second-order valence-corrected chi connectivity index (χ2v) is 5.48. The minimum Gasteiger partial charge on any atom is -0.497 e. The summed E-state index contributed by atoms with van der Waals surface area (Å²) in [6.07, 6.45) is 0. The van der Waals surface area contributed by atoms with E-state index in [2.05, 4.69) is 20.8 Å². The first-order valence-electron chi connectivity index (χ1n) is 6.71. The first kappa shape index (κ1) is 16.8. The number of rotatable bonds is 5. The average molecular weight is 329 g/mol. The summed E-state index contributed by atoms with van der Waals surface area (Å²) in [6.45, 7) is 1.75. The van der Waals surface area contributed by atoms with E-state index in [0.29, 0.717) is 22.1 Å². The molecular formula is C16H15N3O3S. The molecule has 0 bridgehead atoms. The highest BCUT2D eigenvalue weighted by Gasteiger charge is 2.15. The fourth-order valence-corrected chi connectivity index (χ4v) is 2.70. The fraction of sp³-hybridized carbons (Fsp3) is 0.250. The molecule has 0 amide bonds. The molecule has 2 rings (SSSR count). The van der Waals surface area contributed by atoms with Gasteiger partial charge in [-0.05, 0) is 31.2 Å². The Hall–Kier alpha value is -2.59. The zero-order valence-corrected chi connectivity index (χ0v) is 13.8. The molecule has 0 fully saturated rings. The summed E-state index contributed by atoms with van der Waals surface area (Å²) in [4.78, 5) is 20.1. The van der Waals surface area contributed by atoms with E-state index in [4.69, 9.17) is 4.74 Å². The smallest absolute Gasteiger partial charge is 0.316 e. The molecule has 118 valence electrons. The van der Waals surface area contributed by atoms with Crippen molar-refractivity contribution in [2.75, 3.05) is 20.0 Å². The lowest BCUT2D eigenvalue weighted by atomic mass is 10.2. The maximum atomic E-state index is 11.3. The maximum absolute atomic E-state index is 11.3. The molecule has 0 radical (unpaired) electrons. The van der Waals surface area contributed by atoms with Gasteiger partial charge in [-0.25, -0.2) is 9.97 Å². The van der Waals surface area contributed by atoms with Gasteiger partial charge >= 0.3 is 5.97 Å². The Kier molecular flexibility index (Phi) is 5.55. The lowest BCUT2D eigenvalue weighted by Gasteiger charge is -2.08. The molecule has 1 heterocycles. The third-order valence-corrected chi connectivity index (χ3v) is 4.02. The average Bonchev–Trinajstić information content (AvgIpc) is 2.59. The van der Waals surface area contributed by atoms with E-state index in [9.17, 15) is 10.1 Å². The van der Waals surface area contributed by atoms with Gasteiger partial charge in [-0.3, -0.25) is 4.79 Å². The van der Waals surface area contributed by atoms with Gasteiger partial charge in [0.2, 0.25) is 0 Å². The Morgan fingerprint density at radius 2 is 1.96 bits per heavy atom. The van der Waals surface area contributed by atoms with Crippen molar-refractivity contribution in [2.24, 2.45) is 0 Å². The molecule has 1 aromatic carbocycles. The number of nitriles is 1. The van der Waals surface area contributed by atoms with Gasteiger partial charge in [-0.2, -0.15) is 5.26 Å². The van der Waals surface area contributed by atoms with Gasteiger partial charge < -0.3 is 9.47 Å². The molecule has 0 saturated heterocycles. The van der Waals surface area contributed by atoms with Gasteiger partial charge in [0.25, 0.3) is 0 Å². The highest BCUT2D eigenvalue weighted by atomic mass is 32.2. The van der Waals surface area contributed by atoms with Crippen LogP contribution in [0.1, 0.15) is 11.3 Å². The molecule has 2 aromatic rings. The van der Waals surface area contributed by atoms with Crippen LogP contribution in [0.15, 0.2) is 29.3 Å². The van der Waals surface area contributed by atoms with E-state index < -0.39 is 0 Å². The largest absolute Gasteiger partial charge is 0.497 e. The molecule has 0 aliphatic heterocycles. The van der Waals surface area contributed by atoms with Gasteiger partial charge in [0.05, 0.1) is 25.7 Å². The molecule has 1 aromatic heterocycles. The number of nitrogens with zero attached hydrogens (tertiary/aromatic N) is 3. The fourth-order valence-electron chi connectivity index (χ4n) is 1.84. The molecule has 7 heteroatoms. The van der Waals surface area contributed by atoms with Crippen LogP contribution >= 0.6 is 11.8 Å². The number of esters is 1. The molecule has 0 N–H and O–H groups in total. The van der Waals surface area contributed by atoms with Crippen LogP contribution in [-0.2, 0) is 9.53 Å². The Morgan fingerprint density at radius 1 is 1.26 bits per heavy atom. The predicted molar refractivity (Wildman–Crippen MR) is 86.2 cm³/mol. The number of aryl methyl sites for hydroxylation is 1. The molecule has 0 unspecified atom stereocenters. The van der Waals surface area contributed by atoms with E-state index in [1.54, 1.807) is 14.0 Å². The van der Waals surface area contributed by atoms with Crippen molar-refractivity contribution in [3.63, 3.8) is 0 Å². The van der Waals surface area contributed by atoms with Crippen LogP contribution in [0.5, 0.6) is 5.75 Å². The van der Waals surface area contributed by atoms with Crippen LogP contribution in [-0.4, -0.2) is 35.9 Å². The number of aromatic nitrogens is 2. The summed E-state index contributed by atoms with van der Waals surface area (Å²) in [5.41, 5.74) is 1.75. The Bertz CT molecular complexity index is 754. The number of carbonyl (C=O) groups excluding carboxylic acids is 1. The molecule has 6 nitrogen and oxygen atoms in total. The van der Waals surface area contributed by atoms with Crippen molar-refractivity contribution in [3.8, 4) is 23.2 Å². The lowest BCUT2D eigenvalue weighted by molar-refractivity contribution is -0.137. The van der Waals surface area contributed by atoms with Gasteiger partial charge in [-0.15, -0.1) is 0 Å². The minimum absolute atomic E-state index is 0.0870. The van der Waals surface area contributed by atoms with Crippen LogP contribution in [0.3, 0.4) is 0 Å². The summed E-state index contributed by atoms with van der Waals surface area (Å²) in [6, 6.07) is 9.39. The zero-order valence-electron chi connectivity index (χ0n) is 13.0. The van der Waals surface area contributed by atoms with Crippen molar-refractivity contribution in [3.05, 3.63) is 35.5 Å². The van der Waals surface area contributed by atoms with Crippen molar-refractivity contribution < 1.29 is 14.3 Å². The van der Waals surface area contributed by atoms with Crippen LogP contribution in [0.2, 0.25) is 0 Å². The van der Waals surface area contributed by atoms with Gasteiger partial charge in [0.15, 0.2) is 5.82 Å². The van der Waals surface area contributed by atoms with Crippen molar-refractivity contribution >= 4 is 17.7 Å². The SMILES string of the molecule is COC(=O)CSc1nc(-c2ccc(OC)cc2)nc(C)c1C#N. The molecule has 0 atom stereocenters. The molecule has 23 heavy (non-hydrogen) atoms. The Balaban J connectivity index is 2.39. The van der Waals surface area contributed by atoms with E-state index in [1.807, 2.05) is 24.3 Å². The molecule has 0 aliphatic carbocycles. The van der Waals surface area contributed by atoms with Crippen LogP contribution in [0.25, 0.3) is 11.4 Å². The summed E-state index contributed by atoms with van der Waals surface area (Å²) >= 11 is 1.16. The zero-order chi connectivity index (χ0) is 16.8. The van der Waals surface area contributed by atoms with Crippen molar-refractivity contribution in [1.82, 2.24) is 9.97 Å². The number of thioether (sulfide) groups is 1. The monoisotopic (exact) mass is 329 g/mol. The molecule has 0 saturated carbocycles. The van der Waals surface area contributed by atoms with Crippen molar-refractivity contribution in [2.45, 2.75) is 11.9 Å².